The van der Waals surface area contributed by atoms with Crippen LogP contribution in [0, 0.1) is 6.92 Å². The zero-order valence-electron chi connectivity index (χ0n) is 17.4. The Balaban J connectivity index is 1.45. The summed E-state index contributed by atoms with van der Waals surface area (Å²) in [5, 5.41) is 6.62. The molecule has 0 saturated heterocycles. The maximum atomic E-state index is 10.9. The maximum absolute atomic E-state index is 10.9. The van der Waals surface area contributed by atoms with Crippen molar-refractivity contribution in [1.82, 2.24) is 20.2 Å². The molecular formula is C22H28N6O2. The van der Waals surface area contributed by atoms with Crippen LogP contribution < -0.4 is 21.1 Å². The van der Waals surface area contributed by atoms with Crippen LogP contribution >= 0.6 is 0 Å². The van der Waals surface area contributed by atoms with Gasteiger partial charge in [-0.1, -0.05) is 24.3 Å². The van der Waals surface area contributed by atoms with E-state index in [0.717, 1.165) is 47.9 Å². The number of aliphatic imine (C=N–C) groups is 1. The Morgan fingerprint density at radius 3 is 2.83 bits per heavy atom. The zero-order valence-corrected chi connectivity index (χ0v) is 17.4. The van der Waals surface area contributed by atoms with Crippen LogP contribution in [0.2, 0.25) is 0 Å². The van der Waals surface area contributed by atoms with Crippen molar-refractivity contribution in [3.63, 3.8) is 0 Å². The molecule has 158 valence electrons. The standard InChI is InChI=1S/C22H28N6O2/c1-16-27-19-9-3-4-10-20(19)28(16)12-6-11-25-22(24-2)26-14-17-7-5-8-18(13-17)30-15-21(23)29/h3-5,7-10,13H,6,11-12,14-15H2,1-2H3,(H2,23,29)(H2,24,25,26). The predicted octanol–water partition coefficient (Wildman–Crippen LogP) is 1.96. The molecule has 1 amide bonds. The average molecular weight is 409 g/mol. The normalized spacial score (nSPS) is 11.5. The molecule has 0 bridgehead atoms. The van der Waals surface area contributed by atoms with Gasteiger partial charge >= 0.3 is 0 Å². The number of para-hydroxylation sites is 2. The van der Waals surface area contributed by atoms with Crippen molar-refractivity contribution in [3.8, 4) is 5.75 Å². The van der Waals surface area contributed by atoms with E-state index in [9.17, 15) is 4.79 Å². The summed E-state index contributed by atoms with van der Waals surface area (Å²) in [5.41, 5.74) is 8.32. The molecule has 8 nitrogen and oxygen atoms in total. The van der Waals surface area contributed by atoms with E-state index in [0.29, 0.717) is 12.3 Å². The van der Waals surface area contributed by atoms with Gasteiger partial charge in [-0.2, -0.15) is 0 Å². The molecule has 30 heavy (non-hydrogen) atoms. The lowest BCUT2D eigenvalue weighted by atomic mass is 10.2. The topological polar surface area (TPSA) is 107 Å². The number of ether oxygens (including phenoxy) is 1. The Kier molecular flexibility index (Phi) is 7.26. The number of aryl methyl sites for hydroxylation is 2. The Morgan fingerprint density at radius 1 is 1.20 bits per heavy atom. The van der Waals surface area contributed by atoms with Crippen molar-refractivity contribution in [1.29, 1.82) is 0 Å². The van der Waals surface area contributed by atoms with E-state index < -0.39 is 5.91 Å². The summed E-state index contributed by atoms with van der Waals surface area (Å²) in [4.78, 5) is 19.7. The Morgan fingerprint density at radius 2 is 2.03 bits per heavy atom. The number of amides is 1. The first-order valence-corrected chi connectivity index (χ1v) is 9.93. The second kappa shape index (κ2) is 10.3. The molecule has 2 aromatic carbocycles. The number of rotatable bonds is 9. The second-order valence-electron chi connectivity index (χ2n) is 6.91. The Bertz CT molecular complexity index is 1030. The fourth-order valence-corrected chi connectivity index (χ4v) is 3.23. The molecule has 0 aliphatic rings. The quantitative estimate of drug-likeness (QED) is 0.285. The van der Waals surface area contributed by atoms with Gasteiger partial charge in [0.2, 0.25) is 0 Å². The minimum atomic E-state index is -0.498. The van der Waals surface area contributed by atoms with Crippen LogP contribution in [0.3, 0.4) is 0 Å². The molecule has 3 aromatic rings. The fraction of sp³-hybridized carbons (Fsp3) is 0.318. The van der Waals surface area contributed by atoms with Crippen LogP contribution in [-0.4, -0.2) is 41.6 Å². The Labute approximate surface area is 176 Å². The van der Waals surface area contributed by atoms with Gasteiger partial charge in [0.15, 0.2) is 12.6 Å². The molecule has 0 fully saturated rings. The van der Waals surface area contributed by atoms with Crippen LogP contribution in [0.15, 0.2) is 53.5 Å². The SMILES string of the molecule is CN=C(NCCCn1c(C)nc2ccccc21)NCc1cccc(OCC(N)=O)c1. The third kappa shape index (κ3) is 5.73. The fourth-order valence-electron chi connectivity index (χ4n) is 3.23. The lowest BCUT2D eigenvalue weighted by Gasteiger charge is -2.13. The molecule has 0 aliphatic heterocycles. The summed E-state index contributed by atoms with van der Waals surface area (Å²) in [5.74, 6) is 1.86. The molecule has 8 heteroatoms. The number of guanidine groups is 1. The summed E-state index contributed by atoms with van der Waals surface area (Å²) in [6, 6.07) is 15.7. The molecule has 0 unspecified atom stereocenters. The first kappa shape index (κ1) is 21.2. The van der Waals surface area contributed by atoms with Crippen LogP contribution in [0.4, 0.5) is 0 Å². The second-order valence-corrected chi connectivity index (χ2v) is 6.91. The zero-order chi connectivity index (χ0) is 21.3. The van der Waals surface area contributed by atoms with Gasteiger partial charge in [0.25, 0.3) is 5.91 Å². The third-order valence-corrected chi connectivity index (χ3v) is 4.66. The number of fused-ring (bicyclic) bond motifs is 1. The smallest absolute Gasteiger partial charge is 0.255 e. The van der Waals surface area contributed by atoms with E-state index >= 15 is 0 Å². The first-order valence-electron chi connectivity index (χ1n) is 9.93. The molecule has 0 radical (unpaired) electrons. The highest BCUT2D eigenvalue weighted by atomic mass is 16.5. The molecule has 0 spiro atoms. The number of primary amides is 1. The van der Waals surface area contributed by atoms with Crippen molar-refractivity contribution in [2.24, 2.45) is 10.7 Å². The highest BCUT2D eigenvalue weighted by molar-refractivity contribution is 5.79. The van der Waals surface area contributed by atoms with E-state index in [4.69, 9.17) is 10.5 Å². The number of nitrogens with one attached hydrogen (secondary N) is 2. The predicted molar refractivity (Wildman–Crippen MR) is 118 cm³/mol. The number of carbonyl (C=O) groups excluding carboxylic acids is 1. The molecule has 0 saturated carbocycles. The van der Waals surface area contributed by atoms with E-state index in [1.807, 2.05) is 43.3 Å². The molecule has 4 N–H and O–H groups in total. The number of nitrogens with zero attached hydrogens (tertiary/aromatic N) is 3. The lowest BCUT2D eigenvalue weighted by Crippen LogP contribution is -2.37. The van der Waals surface area contributed by atoms with Crippen molar-refractivity contribution < 1.29 is 9.53 Å². The van der Waals surface area contributed by atoms with Gasteiger partial charge in [-0.3, -0.25) is 9.79 Å². The number of benzene rings is 2. The van der Waals surface area contributed by atoms with Crippen molar-refractivity contribution in [3.05, 3.63) is 59.9 Å². The average Bonchev–Trinajstić information content (AvgIpc) is 3.07. The molecular weight excluding hydrogens is 380 g/mol. The van der Waals surface area contributed by atoms with Crippen molar-refractivity contribution in [2.45, 2.75) is 26.4 Å². The first-order chi connectivity index (χ1) is 14.6. The van der Waals surface area contributed by atoms with Crippen molar-refractivity contribution >= 4 is 22.9 Å². The minimum absolute atomic E-state index is 0.133. The van der Waals surface area contributed by atoms with Gasteiger partial charge < -0.3 is 25.7 Å². The lowest BCUT2D eigenvalue weighted by molar-refractivity contribution is -0.119. The number of hydrogen-bond donors (Lipinski definition) is 3. The summed E-state index contributed by atoms with van der Waals surface area (Å²) in [7, 11) is 1.75. The van der Waals surface area contributed by atoms with Crippen LogP contribution in [-0.2, 0) is 17.9 Å². The highest BCUT2D eigenvalue weighted by Gasteiger charge is 2.06. The van der Waals surface area contributed by atoms with Gasteiger partial charge in [0.05, 0.1) is 11.0 Å². The van der Waals surface area contributed by atoms with Gasteiger partial charge in [-0.05, 0) is 43.2 Å². The highest BCUT2D eigenvalue weighted by Crippen LogP contribution is 2.15. The number of nitrogens with two attached hydrogens (primary N) is 1. The summed E-state index contributed by atoms with van der Waals surface area (Å²) in [6.07, 6.45) is 0.943. The molecule has 3 rings (SSSR count). The number of aromatic nitrogens is 2. The molecule has 0 aliphatic carbocycles. The van der Waals surface area contributed by atoms with Crippen LogP contribution in [0.5, 0.6) is 5.75 Å². The number of imidazole rings is 1. The van der Waals surface area contributed by atoms with Gasteiger partial charge in [-0.15, -0.1) is 0 Å². The molecule has 1 heterocycles. The minimum Gasteiger partial charge on any atom is -0.484 e. The summed E-state index contributed by atoms with van der Waals surface area (Å²) < 4.78 is 7.58. The van der Waals surface area contributed by atoms with E-state index in [2.05, 4.69) is 31.2 Å². The monoisotopic (exact) mass is 408 g/mol. The largest absolute Gasteiger partial charge is 0.484 e. The summed E-state index contributed by atoms with van der Waals surface area (Å²) in [6.45, 7) is 4.16. The molecule has 1 aromatic heterocycles. The van der Waals surface area contributed by atoms with E-state index in [-0.39, 0.29) is 6.61 Å². The van der Waals surface area contributed by atoms with Gasteiger partial charge in [0, 0.05) is 26.7 Å². The number of hydrogen-bond acceptors (Lipinski definition) is 4. The van der Waals surface area contributed by atoms with Crippen LogP contribution in [0.25, 0.3) is 11.0 Å². The van der Waals surface area contributed by atoms with E-state index in [1.165, 1.54) is 0 Å². The van der Waals surface area contributed by atoms with Crippen LogP contribution in [0.1, 0.15) is 17.8 Å². The summed E-state index contributed by atoms with van der Waals surface area (Å²) >= 11 is 0. The van der Waals surface area contributed by atoms with Gasteiger partial charge in [-0.25, -0.2) is 4.98 Å². The third-order valence-electron chi connectivity index (χ3n) is 4.66. The Hall–Kier alpha value is -3.55. The van der Waals surface area contributed by atoms with E-state index in [1.54, 1.807) is 13.1 Å². The van der Waals surface area contributed by atoms with Gasteiger partial charge in [0.1, 0.15) is 11.6 Å². The van der Waals surface area contributed by atoms with Crippen molar-refractivity contribution in [2.75, 3.05) is 20.2 Å². The maximum Gasteiger partial charge on any atom is 0.255 e. The molecule has 0 atom stereocenters. The number of carbonyl (C=O) groups is 1.